The highest BCUT2D eigenvalue weighted by Gasteiger charge is 2.27. The molecule has 0 radical (unpaired) electrons. The van der Waals surface area contributed by atoms with Gasteiger partial charge in [0.2, 0.25) is 0 Å². The molecule has 0 N–H and O–H groups in total. The zero-order chi connectivity index (χ0) is 15.6. The van der Waals surface area contributed by atoms with Crippen LogP contribution in [-0.2, 0) is 14.6 Å². The molecule has 0 amide bonds. The van der Waals surface area contributed by atoms with Gasteiger partial charge in [0, 0.05) is 32.5 Å². The van der Waals surface area contributed by atoms with Crippen LogP contribution in [0.25, 0.3) is 0 Å². The maximum atomic E-state index is 11.6. The van der Waals surface area contributed by atoms with Gasteiger partial charge in [0.1, 0.15) is 4.21 Å². The summed E-state index contributed by atoms with van der Waals surface area (Å²) in [6.07, 6.45) is 4.13. The van der Waals surface area contributed by atoms with Crippen molar-refractivity contribution in [2.45, 2.75) is 29.6 Å². The average molecular weight is 334 g/mol. The highest BCUT2D eigenvalue weighted by molar-refractivity contribution is 7.92. The van der Waals surface area contributed by atoms with Gasteiger partial charge < -0.3 is 9.64 Å². The molecule has 0 aliphatic carbocycles. The van der Waals surface area contributed by atoms with Crippen LogP contribution in [0.15, 0.2) is 10.3 Å². The van der Waals surface area contributed by atoms with Crippen molar-refractivity contribution in [1.29, 1.82) is 0 Å². The molecule has 0 saturated carbocycles. The van der Waals surface area contributed by atoms with E-state index in [9.17, 15) is 18.5 Å². The first kappa shape index (κ1) is 16.2. The monoisotopic (exact) mass is 334 g/mol. The average Bonchev–Trinajstić information content (AvgIpc) is 2.85. The highest BCUT2D eigenvalue weighted by atomic mass is 32.2. The molecule has 1 unspecified atom stereocenters. The first-order valence-corrected chi connectivity index (χ1v) is 9.31. The Hall–Kier alpha value is -1.19. The third kappa shape index (κ3) is 3.92. The molecule has 1 aliphatic rings. The van der Waals surface area contributed by atoms with Crippen molar-refractivity contribution < 1.29 is 18.1 Å². The van der Waals surface area contributed by atoms with Crippen LogP contribution in [0.4, 0.5) is 10.7 Å². The van der Waals surface area contributed by atoms with Crippen LogP contribution in [-0.4, -0.2) is 45.9 Å². The van der Waals surface area contributed by atoms with Gasteiger partial charge in [0.05, 0.1) is 11.0 Å². The molecular formula is C12H18N2O5S2. The lowest BCUT2D eigenvalue weighted by atomic mass is 10.1. The van der Waals surface area contributed by atoms with E-state index in [1.807, 2.05) is 0 Å². The van der Waals surface area contributed by atoms with Gasteiger partial charge in [-0.1, -0.05) is 11.3 Å². The number of sulfone groups is 1. The summed E-state index contributed by atoms with van der Waals surface area (Å²) in [5, 5.41) is 11.5. The summed E-state index contributed by atoms with van der Waals surface area (Å²) in [4.78, 5) is 12.3. The van der Waals surface area contributed by atoms with E-state index in [4.69, 9.17) is 4.74 Å². The van der Waals surface area contributed by atoms with Crippen LogP contribution in [0, 0.1) is 10.1 Å². The van der Waals surface area contributed by atoms with Gasteiger partial charge in [-0.25, -0.2) is 8.42 Å². The fourth-order valence-corrected chi connectivity index (χ4v) is 4.27. The molecule has 7 nitrogen and oxygen atoms in total. The third-order valence-corrected chi connectivity index (χ3v) is 6.37. The number of hydrogen-bond donors (Lipinski definition) is 0. The fraction of sp³-hybridized carbons (Fsp3) is 0.667. The summed E-state index contributed by atoms with van der Waals surface area (Å²) in [5.41, 5.74) is -0.168. The van der Waals surface area contributed by atoms with Gasteiger partial charge in [-0.2, -0.15) is 0 Å². The van der Waals surface area contributed by atoms with E-state index < -0.39 is 14.8 Å². The maximum Gasteiger partial charge on any atom is 0.304 e. The molecule has 2 rings (SSSR count). The minimum Gasteiger partial charge on any atom is -0.376 e. The lowest BCUT2D eigenvalue weighted by Gasteiger charge is -2.27. The van der Waals surface area contributed by atoms with Crippen LogP contribution in [0.3, 0.4) is 0 Å². The zero-order valence-corrected chi connectivity index (χ0v) is 13.6. The van der Waals surface area contributed by atoms with Gasteiger partial charge in [0.25, 0.3) is 0 Å². The highest BCUT2D eigenvalue weighted by Crippen LogP contribution is 2.39. The number of rotatable bonds is 5. The summed E-state index contributed by atoms with van der Waals surface area (Å²) in [5.74, 6) is 0. The number of anilines is 1. The SMILES string of the molecule is CN(CC1CCCCO1)c1sc(S(C)(=O)=O)cc1[N+](=O)[O-]. The smallest absolute Gasteiger partial charge is 0.304 e. The van der Waals surface area contributed by atoms with Crippen molar-refractivity contribution in [2.75, 3.05) is 31.4 Å². The second kappa shape index (κ2) is 6.29. The Morgan fingerprint density at radius 1 is 1.52 bits per heavy atom. The molecule has 2 heterocycles. The van der Waals surface area contributed by atoms with E-state index in [1.165, 1.54) is 0 Å². The normalized spacial score (nSPS) is 19.4. The number of likely N-dealkylation sites (N-methyl/N-ethyl adjacent to an activating group) is 1. The Morgan fingerprint density at radius 3 is 2.76 bits per heavy atom. The van der Waals surface area contributed by atoms with E-state index in [0.29, 0.717) is 18.2 Å². The Bertz CT molecular complexity index is 620. The summed E-state index contributed by atoms with van der Waals surface area (Å²) in [6, 6.07) is 1.13. The van der Waals surface area contributed by atoms with E-state index in [0.717, 1.165) is 42.9 Å². The third-order valence-electron chi connectivity index (χ3n) is 3.33. The molecule has 1 aliphatic heterocycles. The molecular weight excluding hydrogens is 316 g/mol. The van der Waals surface area contributed by atoms with Gasteiger partial charge in [-0.05, 0) is 19.3 Å². The van der Waals surface area contributed by atoms with Gasteiger partial charge in [-0.3, -0.25) is 10.1 Å². The van der Waals surface area contributed by atoms with E-state index in [-0.39, 0.29) is 16.0 Å². The van der Waals surface area contributed by atoms with E-state index >= 15 is 0 Å². The van der Waals surface area contributed by atoms with Crippen molar-refractivity contribution in [3.05, 3.63) is 16.2 Å². The van der Waals surface area contributed by atoms with Crippen LogP contribution in [0.1, 0.15) is 19.3 Å². The molecule has 1 aromatic heterocycles. The summed E-state index contributed by atoms with van der Waals surface area (Å²) >= 11 is 0.932. The van der Waals surface area contributed by atoms with E-state index in [2.05, 4.69) is 0 Å². The van der Waals surface area contributed by atoms with E-state index in [1.54, 1.807) is 11.9 Å². The quantitative estimate of drug-likeness (QED) is 0.605. The maximum absolute atomic E-state index is 11.6. The topological polar surface area (TPSA) is 89.8 Å². The van der Waals surface area contributed by atoms with Crippen LogP contribution < -0.4 is 4.90 Å². The number of ether oxygens (including phenoxy) is 1. The lowest BCUT2D eigenvalue weighted by molar-refractivity contribution is -0.383. The molecule has 0 spiro atoms. The second-order valence-electron chi connectivity index (χ2n) is 5.15. The van der Waals surface area contributed by atoms with Crippen molar-refractivity contribution >= 4 is 31.9 Å². The fourth-order valence-electron chi connectivity index (χ4n) is 2.28. The van der Waals surface area contributed by atoms with Crippen molar-refractivity contribution in [3.8, 4) is 0 Å². The number of nitrogens with zero attached hydrogens (tertiary/aromatic N) is 2. The second-order valence-corrected chi connectivity index (χ2v) is 8.43. The Balaban J connectivity index is 2.24. The number of nitro groups is 1. The van der Waals surface area contributed by atoms with Gasteiger partial charge >= 0.3 is 5.69 Å². The molecule has 21 heavy (non-hydrogen) atoms. The van der Waals surface area contributed by atoms with Crippen molar-refractivity contribution in [1.82, 2.24) is 0 Å². The first-order valence-electron chi connectivity index (χ1n) is 6.60. The summed E-state index contributed by atoms with van der Waals surface area (Å²) in [7, 11) is -1.72. The van der Waals surface area contributed by atoms with Crippen molar-refractivity contribution in [2.24, 2.45) is 0 Å². The lowest BCUT2D eigenvalue weighted by Crippen LogP contribution is -2.33. The Labute approximate surface area is 127 Å². The Kier molecular flexibility index (Phi) is 4.84. The van der Waals surface area contributed by atoms with Crippen molar-refractivity contribution in [3.63, 3.8) is 0 Å². The minimum atomic E-state index is -3.45. The van der Waals surface area contributed by atoms with Gasteiger partial charge in [0.15, 0.2) is 14.8 Å². The molecule has 1 atom stereocenters. The summed E-state index contributed by atoms with van der Waals surface area (Å²) in [6.45, 7) is 1.23. The predicted octanol–water partition coefficient (Wildman–Crippen LogP) is 2.07. The molecule has 118 valence electrons. The number of thiophene rings is 1. The molecule has 1 saturated heterocycles. The van der Waals surface area contributed by atoms with Gasteiger partial charge in [-0.15, -0.1) is 0 Å². The minimum absolute atomic E-state index is 0.0145. The standard InChI is InChI=1S/C12H18N2O5S2/c1-13(8-9-5-3-4-6-19-9)12-10(14(15)16)7-11(20-12)21(2,17)18/h7,9H,3-6,8H2,1-2H3. The number of hydrogen-bond acceptors (Lipinski definition) is 7. The molecule has 9 heteroatoms. The van der Waals surface area contributed by atoms with Crippen LogP contribution in [0.5, 0.6) is 0 Å². The first-order chi connectivity index (χ1) is 9.79. The molecule has 0 bridgehead atoms. The zero-order valence-electron chi connectivity index (χ0n) is 11.9. The predicted molar refractivity (Wildman–Crippen MR) is 80.9 cm³/mol. The summed E-state index contributed by atoms with van der Waals surface area (Å²) < 4.78 is 28.8. The molecule has 1 aromatic rings. The molecule has 0 aromatic carbocycles. The Morgan fingerprint density at radius 2 is 2.24 bits per heavy atom. The van der Waals surface area contributed by atoms with Crippen LogP contribution >= 0.6 is 11.3 Å². The van der Waals surface area contributed by atoms with Crippen LogP contribution in [0.2, 0.25) is 0 Å². The largest absolute Gasteiger partial charge is 0.376 e. The molecule has 1 fully saturated rings.